The first kappa shape index (κ1) is 18.6. The van der Waals surface area contributed by atoms with Crippen molar-refractivity contribution in [1.29, 1.82) is 5.26 Å². The van der Waals surface area contributed by atoms with Gasteiger partial charge in [-0.05, 0) is 31.9 Å². The summed E-state index contributed by atoms with van der Waals surface area (Å²) in [7, 11) is 0. The van der Waals surface area contributed by atoms with Crippen molar-refractivity contribution in [3.8, 4) is 6.07 Å². The van der Waals surface area contributed by atoms with Gasteiger partial charge in [0.25, 0.3) is 11.8 Å². The van der Waals surface area contributed by atoms with Crippen LogP contribution in [0.15, 0.2) is 24.3 Å². The third kappa shape index (κ3) is 3.53. The fourth-order valence-electron chi connectivity index (χ4n) is 3.45. The number of piperidine rings is 1. The fraction of sp³-hybridized carbons (Fsp3) is 0.421. The highest BCUT2D eigenvalue weighted by Crippen LogP contribution is 2.24. The maximum absolute atomic E-state index is 12.6. The van der Waals surface area contributed by atoms with E-state index in [9.17, 15) is 19.2 Å². The lowest BCUT2D eigenvalue weighted by Gasteiger charge is -2.33. The number of fused-ring (bicyclic) bond motifs is 1. The fourth-order valence-corrected chi connectivity index (χ4v) is 3.45. The molecule has 0 aliphatic carbocycles. The Morgan fingerprint density at radius 2 is 1.74 bits per heavy atom. The molecule has 0 aromatic heterocycles. The standard InChI is InChI=1S/C19H20N4O4/c1-12(23-18(26)14-4-2-3-5-15(14)19(23)27)17(25)21-13-7-10-22(11-8-13)16(24)6-9-20/h2-5,12-13H,6-8,10-11H2,1H3,(H,21,25). The highest BCUT2D eigenvalue weighted by Gasteiger charge is 2.41. The number of likely N-dealkylation sites (tertiary alicyclic amines) is 1. The van der Waals surface area contributed by atoms with E-state index in [0.29, 0.717) is 37.1 Å². The number of hydrogen-bond acceptors (Lipinski definition) is 5. The largest absolute Gasteiger partial charge is 0.351 e. The average molecular weight is 368 g/mol. The predicted molar refractivity (Wildman–Crippen MR) is 94.4 cm³/mol. The highest BCUT2D eigenvalue weighted by atomic mass is 16.2. The van der Waals surface area contributed by atoms with E-state index in [-0.39, 0.29) is 18.4 Å². The zero-order valence-corrected chi connectivity index (χ0v) is 15.0. The van der Waals surface area contributed by atoms with Crippen LogP contribution in [0.2, 0.25) is 0 Å². The van der Waals surface area contributed by atoms with Crippen molar-refractivity contribution in [2.24, 2.45) is 0 Å². The molecule has 0 bridgehead atoms. The number of nitriles is 1. The van der Waals surface area contributed by atoms with Crippen molar-refractivity contribution in [1.82, 2.24) is 15.1 Å². The van der Waals surface area contributed by atoms with Crippen molar-refractivity contribution >= 4 is 23.6 Å². The first-order valence-electron chi connectivity index (χ1n) is 8.86. The molecule has 1 saturated heterocycles. The molecule has 140 valence electrons. The van der Waals surface area contributed by atoms with Gasteiger partial charge < -0.3 is 10.2 Å². The van der Waals surface area contributed by atoms with Gasteiger partial charge in [-0.3, -0.25) is 24.1 Å². The lowest BCUT2D eigenvalue weighted by molar-refractivity contribution is -0.131. The molecule has 1 N–H and O–H groups in total. The van der Waals surface area contributed by atoms with Crippen LogP contribution in [0.3, 0.4) is 0 Å². The van der Waals surface area contributed by atoms with Crippen molar-refractivity contribution < 1.29 is 19.2 Å². The first-order chi connectivity index (χ1) is 12.9. The lowest BCUT2D eigenvalue weighted by atomic mass is 10.0. The minimum absolute atomic E-state index is 0.138. The van der Waals surface area contributed by atoms with Crippen molar-refractivity contribution in [3.05, 3.63) is 35.4 Å². The second-order valence-corrected chi connectivity index (χ2v) is 6.70. The summed E-state index contributed by atoms with van der Waals surface area (Å²) in [6.07, 6.45) is 0.989. The molecule has 1 atom stereocenters. The molecule has 2 aliphatic rings. The summed E-state index contributed by atoms with van der Waals surface area (Å²) in [5, 5.41) is 11.5. The van der Waals surface area contributed by atoms with Gasteiger partial charge in [-0.15, -0.1) is 0 Å². The monoisotopic (exact) mass is 368 g/mol. The van der Waals surface area contributed by atoms with E-state index in [4.69, 9.17) is 5.26 Å². The number of rotatable bonds is 4. The van der Waals surface area contributed by atoms with Gasteiger partial charge in [-0.1, -0.05) is 12.1 Å². The summed E-state index contributed by atoms with van der Waals surface area (Å²) in [5.74, 6) is -1.53. The van der Waals surface area contributed by atoms with E-state index in [1.54, 1.807) is 29.2 Å². The van der Waals surface area contributed by atoms with Crippen LogP contribution in [-0.2, 0) is 9.59 Å². The molecular weight excluding hydrogens is 348 g/mol. The molecule has 27 heavy (non-hydrogen) atoms. The molecule has 2 aliphatic heterocycles. The second-order valence-electron chi connectivity index (χ2n) is 6.70. The number of benzene rings is 1. The number of carbonyl (C=O) groups is 4. The highest BCUT2D eigenvalue weighted by molar-refractivity contribution is 6.22. The molecule has 0 saturated carbocycles. The maximum atomic E-state index is 12.6. The lowest BCUT2D eigenvalue weighted by Crippen LogP contribution is -2.53. The molecule has 2 heterocycles. The van der Waals surface area contributed by atoms with Crippen LogP contribution in [0.1, 0.15) is 46.9 Å². The summed E-state index contributed by atoms with van der Waals surface area (Å²) < 4.78 is 0. The third-order valence-corrected chi connectivity index (χ3v) is 5.02. The van der Waals surface area contributed by atoms with Crippen LogP contribution in [0.25, 0.3) is 0 Å². The van der Waals surface area contributed by atoms with E-state index >= 15 is 0 Å². The molecule has 8 heteroatoms. The molecule has 8 nitrogen and oxygen atoms in total. The van der Waals surface area contributed by atoms with Crippen LogP contribution in [0, 0.1) is 11.3 Å². The van der Waals surface area contributed by atoms with Gasteiger partial charge in [0, 0.05) is 19.1 Å². The SMILES string of the molecule is CC(C(=O)NC1CCN(C(=O)CC#N)CC1)N1C(=O)c2ccccc2C1=O. The number of carbonyl (C=O) groups excluding carboxylic acids is 4. The second kappa shape index (κ2) is 7.58. The number of nitrogens with zero attached hydrogens (tertiary/aromatic N) is 3. The Morgan fingerprint density at radius 3 is 2.26 bits per heavy atom. The molecule has 1 unspecified atom stereocenters. The van der Waals surface area contributed by atoms with Crippen LogP contribution in [0.4, 0.5) is 0 Å². The molecule has 3 rings (SSSR count). The zero-order chi connectivity index (χ0) is 19.6. The van der Waals surface area contributed by atoms with Gasteiger partial charge in [0.1, 0.15) is 12.5 Å². The van der Waals surface area contributed by atoms with Gasteiger partial charge in [0.2, 0.25) is 11.8 Å². The van der Waals surface area contributed by atoms with Crippen molar-refractivity contribution in [3.63, 3.8) is 0 Å². The molecule has 1 aromatic rings. The molecular formula is C19H20N4O4. The van der Waals surface area contributed by atoms with E-state index in [1.165, 1.54) is 6.92 Å². The van der Waals surface area contributed by atoms with Crippen molar-refractivity contribution in [2.75, 3.05) is 13.1 Å². The van der Waals surface area contributed by atoms with E-state index in [2.05, 4.69) is 5.32 Å². The Balaban J connectivity index is 1.58. The van der Waals surface area contributed by atoms with Crippen LogP contribution in [0.5, 0.6) is 0 Å². The van der Waals surface area contributed by atoms with E-state index in [0.717, 1.165) is 4.90 Å². The summed E-state index contributed by atoms with van der Waals surface area (Å²) in [6, 6.07) is 7.30. The minimum atomic E-state index is -0.921. The quantitative estimate of drug-likeness (QED) is 0.786. The Labute approximate surface area is 156 Å². The molecule has 0 spiro atoms. The van der Waals surface area contributed by atoms with Crippen LogP contribution >= 0.6 is 0 Å². The smallest absolute Gasteiger partial charge is 0.262 e. The molecule has 1 aromatic carbocycles. The Morgan fingerprint density at radius 1 is 1.19 bits per heavy atom. The summed E-state index contributed by atoms with van der Waals surface area (Å²) in [6.45, 7) is 2.46. The minimum Gasteiger partial charge on any atom is -0.351 e. The summed E-state index contributed by atoms with van der Waals surface area (Å²) in [5.41, 5.74) is 0.623. The van der Waals surface area contributed by atoms with Gasteiger partial charge in [-0.25, -0.2) is 0 Å². The van der Waals surface area contributed by atoms with Gasteiger partial charge in [-0.2, -0.15) is 5.26 Å². The zero-order valence-electron chi connectivity index (χ0n) is 15.0. The first-order valence-corrected chi connectivity index (χ1v) is 8.86. The van der Waals surface area contributed by atoms with Gasteiger partial charge in [0.05, 0.1) is 17.2 Å². The molecule has 0 radical (unpaired) electrons. The predicted octanol–water partition coefficient (Wildman–Crippen LogP) is 0.692. The topological polar surface area (TPSA) is 111 Å². The maximum Gasteiger partial charge on any atom is 0.262 e. The number of imide groups is 1. The Bertz CT molecular complexity index is 801. The number of hydrogen-bond donors (Lipinski definition) is 1. The van der Waals surface area contributed by atoms with Crippen molar-refractivity contribution in [2.45, 2.75) is 38.3 Å². The van der Waals surface area contributed by atoms with Gasteiger partial charge in [0.15, 0.2) is 0 Å². The average Bonchev–Trinajstić information content (AvgIpc) is 2.93. The van der Waals surface area contributed by atoms with Gasteiger partial charge >= 0.3 is 0 Å². The Kier molecular flexibility index (Phi) is 5.21. The van der Waals surface area contributed by atoms with Crippen LogP contribution in [-0.4, -0.2) is 58.6 Å². The van der Waals surface area contributed by atoms with E-state index in [1.807, 2.05) is 6.07 Å². The number of amides is 4. The van der Waals surface area contributed by atoms with Crippen LogP contribution < -0.4 is 5.32 Å². The molecule has 4 amide bonds. The Hall–Kier alpha value is -3.21. The third-order valence-electron chi connectivity index (χ3n) is 5.02. The van der Waals surface area contributed by atoms with E-state index < -0.39 is 23.8 Å². The normalized spacial score (nSPS) is 18.1. The summed E-state index contributed by atoms with van der Waals surface area (Å²) in [4.78, 5) is 51.9. The molecule has 1 fully saturated rings. The number of nitrogens with one attached hydrogen (secondary N) is 1. The summed E-state index contributed by atoms with van der Waals surface area (Å²) >= 11 is 0.